The molecule has 0 radical (unpaired) electrons. The van der Waals surface area contributed by atoms with Crippen molar-refractivity contribution in [1.82, 2.24) is 6.30 Å². The van der Waals surface area contributed by atoms with Gasteiger partial charge in [-0.3, -0.25) is 0 Å². The summed E-state index contributed by atoms with van der Waals surface area (Å²) >= 11 is 12.4. The van der Waals surface area contributed by atoms with E-state index in [1.807, 2.05) is 0 Å². The molecule has 0 aromatic rings. The van der Waals surface area contributed by atoms with Crippen molar-refractivity contribution in [3.8, 4) is 0 Å². The molecule has 0 aliphatic carbocycles. The van der Waals surface area contributed by atoms with Crippen LogP contribution in [0, 0.1) is 0 Å². The molecule has 0 aromatic heterocycles. The molecule has 1 heterocycles. The molecule has 0 amide bonds. The molecule has 1 aliphatic rings. The molecule has 2 nitrogen and oxygen atoms in total. The normalized spacial score (nSPS) is 24.8. The fraction of sp³-hybridized carbons (Fsp3) is 1.00. The molecule has 1 rings (SSSR count). The average molecular weight is 367 g/mol. The minimum atomic E-state index is -0.715. The van der Waals surface area contributed by atoms with E-state index in [1.54, 1.807) is 0 Å². The fourth-order valence-corrected chi connectivity index (χ4v) is 6.17. The summed E-state index contributed by atoms with van der Waals surface area (Å²) in [6.07, 6.45) is 0. The van der Waals surface area contributed by atoms with Gasteiger partial charge in [0.25, 0.3) is 0 Å². The molecular weight excluding hydrogens is 347 g/mol. The van der Waals surface area contributed by atoms with E-state index in [-0.39, 0.29) is 11.1 Å². The summed E-state index contributed by atoms with van der Waals surface area (Å²) in [5.41, 5.74) is 0.211. The maximum atomic E-state index is 6.40. The molecule has 15 heavy (non-hydrogen) atoms. The van der Waals surface area contributed by atoms with E-state index in [1.165, 1.54) is 0 Å². The molecule has 1 aliphatic heterocycles. The Morgan fingerprint density at radius 3 is 1.67 bits per heavy atom. The monoisotopic (exact) mass is 368 g/mol. The van der Waals surface area contributed by atoms with Crippen LogP contribution in [0.4, 0.5) is 0 Å². The van der Waals surface area contributed by atoms with Crippen molar-refractivity contribution >= 4 is 44.7 Å². The van der Waals surface area contributed by atoms with Crippen molar-refractivity contribution in [3.63, 3.8) is 0 Å². The zero-order valence-corrected chi connectivity index (χ0v) is 14.1. The summed E-state index contributed by atoms with van der Waals surface area (Å²) < 4.78 is 3.98. The van der Waals surface area contributed by atoms with Crippen LogP contribution in [0.15, 0.2) is 0 Å². The van der Waals surface area contributed by atoms with Crippen LogP contribution in [-0.4, -0.2) is 49.8 Å². The van der Waals surface area contributed by atoms with Gasteiger partial charge in [0.05, 0.1) is 0 Å². The van der Waals surface area contributed by atoms with Crippen molar-refractivity contribution in [2.45, 2.75) is 57.1 Å². The van der Waals surface area contributed by atoms with Crippen molar-refractivity contribution in [2.24, 2.45) is 0 Å². The van der Waals surface area contributed by atoms with E-state index in [0.717, 1.165) is 6.54 Å². The van der Waals surface area contributed by atoms with Crippen LogP contribution in [-0.2, 0) is 0 Å². The third-order valence-corrected chi connectivity index (χ3v) is 8.79. The first-order valence-electron chi connectivity index (χ1n) is 5.08. The fourth-order valence-electron chi connectivity index (χ4n) is 1.40. The summed E-state index contributed by atoms with van der Waals surface area (Å²) in [5.74, 6) is 0. The summed E-state index contributed by atoms with van der Waals surface area (Å²) in [5, 5.41) is 0. The second kappa shape index (κ2) is 4.19. The third-order valence-electron chi connectivity index (χ3n) is 2.17. The third kappa shape index (κ3) is 3.37. The quantitative estimate of drug-likeness (QED) is 0.369. The number of rotatable bonds is 0. The summed E-state index contributed by atoms with van der Waals surface area (Å²) in [4.78, 5) is 0. The second-order valence-corrected chi connectivity index (χ2v) is 10.1. The van der Waals surface area contributed by atoms with Gasteiger partial charge in [0.2, 0.25) is 0 Å². The van der Waals surface area contributed by atoms with Gasteiger partial charge in [0.15, 0.2) is 0 Å². The van der Waals surface area contributed by atoms with Gasteiger partial charge in [0.1, 0.15) is 0 Å². The molecule has 0 atom stereocenters. The van der Waals surface area contributed by atoms with Crippen LogP contribution in [0.2, 0.25) is 0 Å². The van der Waals surface area contributed by atoms with E-state index in [2.05, 4.69) is 47.8 Å². The first-order chi connectivity index (χ1) is 6.44. The first-order valence-corrected chi connectivity index (χ1v) is 7.92. The van der Waals surface area contributed by atoms with Gasteiger partial charge in [-0.15, -0.1) is 0 Å². The number of nitrogens with zero attached hydrogens (tertiary/aromatic N) is 2. The average Bonchev–Trinajstić information content (AvgIpc) is 2.22. The van der Waals surface area contributed by atoms with E-state index in [0.29, 0.717) is 0 Å². The topological polar surface area (TPSA) is 6.48 Å². The maximum absolute atomic E-state index is 6.40. The van der Waals surface area contributed by atoms with Crippen molar-refractivity contribution < 1.29 is 0 Å². The van der Waals surface area contributed by atoms with Gasteiger partial charge in [-0.05, 0) is 0 Å². The first kappa shape index (κ1) is 14.4. The number of alkyl halides is 2. The Bertz CT molecular complexity index is 243. The van der Waals surface area contributed by atoms with Crippen molar-refractivity contribution in [3.05, 3.63) is 0 Å². The van der Waals surface area contributed by atoms with E-state index in [4.69, 9.17) is 23.2 Å². The van der Waals surface area contributed by atoms with Gasteiger partial charge in [-0.1, -0.05) is 0 Å². The van der Waals surface area contributed by atoms with Crippen LogP contribution in [0.3, 0.4) is 0 Å². The van der Waals surface area contributed by atoms with Crippen LogP contribution in [0.25, 0.3) is 0 Å². The predicted octanol–water partition coefficient (Wildman–Crippen LogP) is 2.87. The molecule has 1 saturated heterocycles. The molecule has 0 N–H and O–H groups in total. The Kier molecular flexibility index (Phi) is 4.01. The number of hydrogen-bond acceptors (Lipinski definition) is 2. The minimum absolute atomic E-state index is 0.0474. The SMILES string of the molecule is CC(C)(C)N1CC(Cl)(Cl)N(C(C)(C)C)[Te]1. The zero-order chi connectivity index (χ0) is 12.1. The summed E-state index contributed by atoms with van der Waals surface area (Å²) in [6.45, 7) is 13.9. The molecule has 5 heteroatoms. The van der Waals surface area contributed by atoms with Crippen molar-refractivity contribution in [1.29, 1.82) is 0 Å². The molecule has 0 bridgehead atoms. The molecule has 0 saturated carbocycles. The van der Waals surface area contributed by atoms with Crippen LogP contribution in [0.5, 0.6) is 0 Å². The Morgan fingerprint density at radius 1 is 1.00 bits per heavy atom. The van der Waals surface area contributed by atoms with Gasteiger partial charge < -0.3 is 0 Å². The zero-order valence-electron chi connectivity index (χ0n) is 10.3. The van der Waals surface area contributed by atoms with Crippen LogP contribution < -0.4 is 0 Å². The molecular formula is C10H20Cl2N2Te. The van der Waals surface area contributed by atoms with Gasteiger partial charge in [-0.25, -0.2) is 0 Å². The Hall–Kier alpha value is 1.29. The predicted molar refractivity (Wildman–Crippen MR) is 68.2 cm³/mol. The molecule has 0 aromatic carbocycles. The van der Waals surface area contributed by atoms with Gasteiger partial charge in [0, 0.05) is 0 Å². The van der Waals surface area contributed by atoms with Gasteiger partial charge in [-0.2, -0.15) is 0 Å². The Labute approximate surface area is 114 Å². The van der Waals surface area contributed by atoms with Crippen LogP contribution >= 0.6 is 23.2 Å². The van der Waals surface area contributed by atoms with Crippen molar-refractivity contribution in [2.75, 3.05) is 6.54 Å². The second-order valence-electron chi connectivity index (χ2n) is 5.92. The summed E-state index contributed by atoms with van der Waals surface area (Å²) in [6, 6.07) is 0. The van der Waals surface area contributed by atoms with Gasteiger partial charge >= 0.3 is 115 Å². The summed E-state index contributed by atoms with van der Waals surface area (Å²) in [7, 11) is 0. The Morgan fingerprint density at radius 2 is 1.47 bits per heavy atom. The molecule has 90 valence electrons. The number of halogens is 2. The standard InChI is InChI=1S/C10H20Cl2N2Te/c1-8(2,3)13-7-10(11,12)14(15-13)9(4,5)6/h7H2,1-6H3. The number of hydrogen-bond donors (Lipinski definition) is 0. The molecule has 0 unspecified atom stereocenters. The molecule has 0 spiro atoms. The Balaban J connectivity index is 2.87. The molecule has 1 fully saturated rings. The van der Waals surface area contributed by atoms with Crippen LogP contribution in [0.1, 0.15) is 41.5 Å². The van der Waals surface area contributed by atoms with E-state index >= 15 is 0 Å². The van der Waals surface area contributed by atoms with E-state index in [9.17, 15) is 0 Å². The van der Waals surface area contributed by atoms with E-state index < -0.39 is 25.9 Å².